The van der Waals surface area contributed by atoms with Gasteiger partial charge in [0.1, 0.15) is 17.9 Å². The van der Waals surface area contributed by atoms with Crippen molar-refractivity contribution in [3.05, 3.63) is 125 Å². The van der Waals surface area contributed by atoms with Crippen LogP contribution in [-0.2, 0) is 4.79 Å². The SMILES string of the molecule is O=Cc1ccc(-c2ccc([C@@H]3[C@@H](CC[C@H](O)c4ccc(F)cc4)C(=O)N3c3ccc(F)cc3)cc2)cc1. The number of aldehydes is 1. The van der Waals surface area contributed by atoms with Gasteiger partial charge in [0, 0.05) is 11.3 Å². The summed E-state index contributed by atoms with van der Waals surface area (Å²) in [6.07, 6.45) is 0.772. The van der Waals surface area contributed by atoms with Crippen LogP contribution in [0.3, 0.4) is 0 Å². The van der Waals surface area contributed by atoms with Gasteiger partial charge in [-0.05, 0) is 71.5 Å². The fourth-order valence-corrected chi connectivity index (χ4v) is 4.92. The fourth-order valence-electron chi connectivity index (χ4n) is 4.92. The molecule has 1 aliphatic rings. The van der Waals surface area contributed by atoms with E-state index in [1.807, 2.05) is 36.4 Å². The Morgan fingerprint density at radius 3 is 1.89 bits per heavy atom. The summed E-state index contributed by atoms with van der Waals surface area (Å²) >= 11 is 0. The summed E-state index contributed by atoms with van der Waals surface area (Å²) in [5.41, 5.74) is 4.69. The number of rotatable bonds is 8. The molecule has 0 saturated carbocycles. The second-order valence-corrected chi connectivity index (χ2v) is 9.24. The van der Waals surface area contributed by atoms with Crippen molar-refractivity contribution in [3.63, 3.8) is 0 Å². The first-order valence-corrected chi connectivity index (χ1v) is 12.1. The molecule has 0 aromatic heterocycles. The number of carbonyl (C=O) groups excluding carboxylic acids is 2. The number of hydrogen-bond acceptors (Lipinski definition) is 3. The highest BCUT2D eigenvalue weighted by molar-refractivity contribution is 6.03. The normalized spacial score (nSPS) is 17.8. The topological polar surface area (TPSA) is 57.6 Å². The molecular formula is C31H25F2NO3. The lowest BCUT2D eigenvalue weighted by Gasteiger charge is -2.48. The lowest BCUT2D eigenvalue weighted by Crippen LogP contribution is -2.55. The van der Waals surface area contributed by atoms with E-state index in [-0.39, 0.29) is 29.5 Å². The maximum absolute atomic E-state index is 13.5. The molecule has 186 valence electrons. The van der Waals surface area contributed by atoms with Gasteiger partial charge in [-0.25, -0.2) is 8.78 Å². The third-order valence-electron chi connectivity index (χ3n) is 6.96. The van der Waals surface area contributed by atoms with Crippen LogP contribution in [-0.4, -0.2) is 17.3 Å². The van der Waals surface area contributed by atoms with E-state index in [9.17, 15) is 23.5 Å². The summed E-state index contributed by atoms with van der Waals surface area (Å²) in [6, 6.07) is 26.5. The highest BCUT2D eigenvalue weighted by atomic mass is 19.1. The minimum absolute atomic E-state index is 0.0866. The first-order valence-electron chi connectivity index (χ1n) is 12.1. The average molecular weight is 498 g/mol. The number of aliphatic hydroxyl groups excluding tert-OH is 1. The minimum atomic E-state index is -0.814. The number of aliphatic hydroxyl groups is 1. The van der Waals surface area contributed by atoms with Crippen LogP contribution in [0.2, 0.25) is 0 Å². The molecule has 4 aromatic rings. The van der Waals surface area contributed by atoms with Gasteiger partial charge in [0.25, 0.3) is 0 Å². The molecule has 4 aromatic carbocycles. The number of carbonyl (C=O) groups is 2. The molecule has 1 aliphatic heterocycles. The molecule has 0 radical (unpaired) electrons. The van der Waals surface area contributed by atoms with Crippen LogP contribution in [0.1, 0.15) is 46.5 Å². The third kappa shape index (κ3) is 5.06. The first kappa shape index (κ1) is 24.5. The summed E-state index contributed by atoms with van der Waals surface area (Å²) in [6.45, 7) is 0. The Balaban J connectivity index is 1.39. The number of amides is 1. The standard InChI is InChI=1S/C31H25F2NO3/c32-25-11-9-23(10-12-25)29(36)18-17-28-30(34(31(28)37)27-15-13-26(33)14-16-27)24-7-5-22(6-8-24)21-3-1-20(19-35)2-4-21/h1-16,19,28-30,36H,17-18H2/t28-,29+,30-/m1/s1. The number of halogens is 2. The predicted octanol–water partition coefficient (Wildman–Crippen LogP) is 6.66. The van der Waals surface area contributed by atoms with Crippen molar-refractivity contribution in [3.8, 4) is 11.1 Å². The third-order valence-corrected chi connectivity index (χ3v) is 6.96. The monoisotopic (exact) mass is 497 g/mol. The molecular weight excluding hydrogens is 472 g/mol. The molecule has 37 heavy (non-hydrogen) atoms. The summed E-state index contributed by atoms with van der Waals surface area (Å²) < 4.78 is 26.8. The molecule has 6 heteroatoms. The maximum atomic E-state index is 13.5. The predicted molar refractivity (Wildman–Crippen MR) is 138 cm³/mol. The van der Waals surface area contributed by atoms with Crippen LogP contribution in [0.5, 0.6) is 0 Å². The first-order chi connectivity index (χ1) is 17.9. The van der Waals surface area contributed by atoms with Crippen molar-refractivity contribution in [2.24, 2.45) is 5.92 Å². The maximum Gasteiger partial charge on any atom is 0.233 e. The molecule has 0 bridgehead atoms. The molecule has 5 rings (SSSR count). The molecule has 1 fully saturated rings. The largest absolute Gasteiger partial charge is 0.388 e. The Labute approximate surface area is 213 Å². The van der Waals surface area contributed by atoms with E-state index in [0.717, 1.165) is 23.0 Å². The van der Waals surface area contributed by atoms with Gasteiger partial charge in [0.2, 0.25) is 5.91 Å². The number of nitrogens with zero attached hydrogens (tertiary/aromatic N) is 1. The summed E-state index contributed by atoms with van der Waals surface area (Å²) in [7, 11) is 0. The highest BCUT2D eigenvalue weighted by Crippen LogP contribution is 2.46. The van der Waals surface area contributed by atoms with Gasteiger partial charge in [0.15, 0.2) is 0 Å². The zero-order valence-electron chi connectivity index (χ0n) is 19.9. The molecule has 1 heterocycles. The van der Waals surface area contributed by atoms with Crippen molar-refractivity contribution < 1.29 is 23.5 Å². The number of β-lactam (4-membered cyclic amide) rings is 1. The van der Waals surface area contributed by atoms with Gasteiger partial charge in [-0.1, -0.05) is 60.7 Å². The molecule has 4 nitrogen and oxygen atoms in total. The second-order valence-electron chi connectivity index (χ2n) is 9.24. The molecule has 1 saturated heterocycles. The second kappa shape index (κ2) is 10.4. The Morgan fingerprint density at radius 1 is 0.784 bits per heavy atom. The van der Waals surface area contributed by atoms with Crippen molar-refractivity contribution in [1.29, 1.82) is 0 Å². The van der Waals surface area contributed by atoms with E-state index in [1.54, 1.807) is 41.3 Å². The zero-order chi connectivity index (χ0) is 25.9. The van der Waals surface area contributed by atoms with Crippen LogP contribution < -0.4 is 4.90 Å². The number of benzene rings is 4. The Hall–Kier alpha value is -4.16. The van der Waals surface area contributed by atoms with E-state index in [2.05, 4.69) is 0 Å². The summed E-state index contributed by atoms with van der Waals surface area (Å²) in [5.74, 6) is -1.20. The molecule has 3 atom stereocenters. The highest BCUT2D eigenvalue weighted by Gasteiger charge is 2.48. The van der Waals surface area contributed by atoms with Crippen LogP contribution in [0.4, 0.5) is 14.5 Å². The summed E-state index contributed by atoms with van der Waals surface area (Å²) in [4.78, 5) is 25.9. The number of anilines is 1. The van der Waals surface area contributed by atoms with Crippen molar-refractivity contribution >= 4 is 17.9 Å². The molecule has 0 spiro atoms. The van der Waals surface area contributed by atoms with Crippen LogP contribution >= 0.6 is 0 Å². The Morgan fingerprint density at radius 2 is 1.32 bits per heavy atom. The molecule has 1 amide bonds. The van der Waals surface area contributed by atoms with Gasteiger partial charge in [-0.15, -0.1) is 0 Å². The van der Waals surface area contributed by atoms with Gasteiger partial charge in [-0.2, -0.15) is 0 Å². The quantitative estimate of drug-likeness (QED) is 0.219. The van der Waals surface area contributed by atoms with Crippen LogP contribution in [0.25, 0.3) is 11.1 Å². The van der Waals surface area contributed by atoms with E-state index in [1.165, 1.54) is 24.3 Å². The lowest BCUT2D eigenvalue weighted by atomic mass is 9.78. The summed E-state index contributed by atoms with van der Waals surface area (Å²) in [5, 5.41) is 10.6. The van der Waals surface area contributed by atoms with E-state index in [4.69, 9.17) is 0 Å². The average Bonchev–Trinajstić information content (AvgIpc) is 2.93. The zero-order valence-corrected chi connectivity index (χ0v) is 19.9. The van der Waals surface area contributed by atoms with Crippen molar-refractivity contribution in [2.45, 2.75) is 25.0 Å². The molecule has 0 unspecified atom stereocenters. The van der Waals surface area contributed by atoms with E-state index in [0.29, 0.717) is 29.7 Å². The van der Waals surface area contributed by atoms with Gasteiger partial charge >= 0.3 is 0 Å². The smallest absolute Gasteiger partial charge is 0.233 e. The van der Waals surface area contributed by atoms with Gasteiger partial charge in [0.05, 0.1) is 18.1 Å². The Bertz CT molecular complexity index is 1380. The van der Waals surface area contributed by atoms with Crippen molar-refractivity contribution in [2.75, 3.05) is 4.90 Å². The van der Waals surface area contributed by atoms with Crippen molar-refractivity contribution in [1.82, 2.24) is 0 Å². The number of hydrogen-bond donors (Lipinski definition) is 1. The van der Waals surface area contributed by atoms with Crippen LogP contribution in [0.15, 0.2) is 97.1 Å². The minimum Gasteiger partial charge on any atom is -0.388 e. The lowest BCUT2D eigenvalue weighted by molar-refractivity contribution is -0.131. The van der Waals surface area contributed by atoms with Crippen LogP contribution in [0, 0.1) is 17.6 Å². The van der Waals surface area contributed by atoms with Gasteiger partial charge in [-0.3, -0.25) is 9.59 Å². The van der Waals surface area contributed by atoms with E-state index >= 15 is 0 Å². The molecule has 0 aliphatic carbocycles. The Kier molecular flexibility index (Phi) is 6.93. The van der Waals surface area contributed by atoms with E-state index < -0.39 is 6.10 Å². The fraction of sp³-hybridized carbons (Fsp3) is 0.161. The van der Waals surface area contributed by atoms with Gasteiger partial charge < -0.3 is 10.0 Å². The molecule has 1 N–H and O–H groups in total.